The lowest BCUT2D eigenvalue weighted by Crippen LogP contribution is -2.49. The van der Waals surface area contributed by atoms with E-state index >= 15 is 0 Å². The van der Waals surface area contributed by atoms with Crippen LogP contribution in [-0.4, -0.2) is 41.5 Å². The number of anilines is 1. The zero-order valence-electron chi connectivity index (χ0n) is 15.5. The van der Waals surface area contributed by atoms with Crippen LogP contribution in [0.4, 0.5) is 10.5 Å². The van der Waals surface area contributed by atoms with Gasteiger partial charge in [0.25, 0.3) is 5.91 Å². The van der Waals surface area contributed by atoms with Crippen LogP contribution in [0.2, 0.25) is 0 Å². The summed E-state index contributed by atoms with van der Waals surface area (Å²) in [5.41, 5.74) is 3.15. The maximum Gasteiger partial charge on any atom is 0.335 e. The molecule has 4 rings (SSSR count). The summed E-state index contributed by atoms with van der Waals surface area (Å²) >= 11 is 0. The van der Waals surface area contributed by atoms with Crippen LogP contribution in [0.15, 0.2) is 42.5 Å². The van der Waals surface area contributed by atoms with Gasteiger partial charge in [0, 0.05) is 30.3 Å². The average Bonchev–Trinajstić information content (AvgIpc) is 3.09. The molecule has 1 saturated heterocycles. The molecule has 1 aliphatic carbocycles. The number of aromatic carboxylic acids is 1. The van der Waals surface area contributed by atoms with Gasteiger partial charge < -0.3 is 10.4 Å². The number of carbonyl (C=O) groups is 4. The molecular formula is C21H19N3O5. The third kappa shape index (κ3) is 3.82. The molecular weight excluding hydrogens is 374 g/mol. The van der Waals surface area contributed by atoms with Crippen molar-refractivity contribution in [2.45, 2.75) is 25.3 Å². The molecule has 0 spiro atoms. The van der Waals surface area contributed by atoms with E-state index < -0.39 is 12.0 Å². The zero-order valence-corrected chi connectivity index (χ0v) is 15.5. The van der Waals surface area contributed by atoms with Gasteiger partial charge in [-0.2, -0.15) is 0 Å². The molecule has 4 amide bonds. The summed E-state index contributed by atoms with van der Waals surface area (Å²) in [4.78, 5) is 48.6. The topological polar surface area (TPSA) is 116 Å². The third-order valence-electron chi connectivity index (χ3n) is 5.20. The number of carboxylic acids is 1. The van der Waals surface area contributed by atoms with Gasteiger partial charge in [-0.05, 0) is 54.3 Å². The van der Waals surface area contributed by atoms with Gasteiger partial charge in [-0.1, -0.05) is 12.1 Å². The number of amides is 4. The summed E-state index contributed by atoms with van der Waals surface area (Å²) in [5.74, 6) is -1.55. The van der Waals surface area contributed by atoms with Crippen molar-refractivity contribution >= 4 is 29.5 Å². The molecule has 1 unspecified atom stereocenters. The maximum atomic E-state index is 12.7. The Morgan fingerprint density at radius 1 is 1.03 bits per heavy atom. The molecule has 2 aliphatic rings. The molecule has 148 valence electrons. The van der Waals surface area contributed by atoms with E-state index in [0.717, 1.165) is 11.1 Å². The monoisotopic (exact) mass is 393 g/mol. The van der Waals surface area contributed by atoms with E-state index in [-0.39, 0.29) is 36.4 Å². The Bertz CT molecular complexity index is 1030. The van der Waals surface area contributed by atoms with Gasteiger partial charge in [0.05, 0.1) is 5.56 Å². The van der Waals surface area contributed by atoms with Crippen LogP contribution in [0, 0.1) is 0 Å². The molecule has 1 heterocycles. The van der Waals surface area contributed by atoms with E-state index in [2.05, 4.69) is 10.6 Å². The van der Waals surface area contributed by atoms with E-state index in [0.29, 0.717) is 24.1 Å². The standard InChI is InChI=1S/C21H19N3O5/c25-18-6-7-24(21(29)23-18)17-3-1-2-13(11-17)19(26)22-16-9-12-4-5-14(20(27)28)8-15(12)10-16/h1-5,8,11,16H,6-7,9-10H2,(H,22,26)(H,27,28)(H,23,25,29). The zero-order chi connectivity index (χ0) is 20.5. The smallest absolute Gasteiger partial charge is 0.335 e. The Hall–Kier alpha value is -3.68. The molecule has 0 radical (unpaired) electrons. The highest BCUT2D eigenvalue weighted by atomic mass is 16.4. The number of rotatable bonds is 4. The molecule has 1 atom stereocenters. The van der Waals surface area contributed by atoms with E-state index in [4.69, 9.17) is 5.11 Å². The van der Waals surface area contributed by atoms with Crippen molar-refractivity contribution in [3.63, 3.8) is 0 Å². The van der Waals surface area contributed by atoms with Crippen molar-refractivity contribution < 1.29 is 24.3 Å². The quantitative estimate of drug-likeness (QED) is 0.732. The average molecular weight is 393 g/mol. The fraction of sp³-hybridized carbons (Fsp3) is 0.238. The van der Waals surface area contributed by atoms with Gasteiger partial charge >= 0.3 is 12.0 Å². The van der Waals surface area contributed by atoms with Crippen molar-refractivity contribution in [3.05, 3.63) is 64.7 Å². The van der Waals surface area contributed by atoms with Gasteiger partial charge in [-0.15, -0.1) is 0 Å². The fourth-order valence-corrected chi connectivity index (χ4v) is 3.75. The molecule has 0 saturated carbocycles. The van der Waals surface area contributed by atoms with Crippen LogP contribution in [0.3, 0.4) is 0 Å². The highest BCUT2D eigenvalue weighted by Gasteiger charge is 2.26. The summed E-state index contributed by atoms with van der Waals surface area (Å²) in [6.45, 7) is 0.263. The van der Waals surface area contributed by atoms with Crippen molar-refractivity contribution in [1.82, 2.24) is 10.6 Å². The normalized spacial score (nSPS) is 18.2. The predicted octanol–water partition coefficient (Wildman–Crippen LogP) is 1.73. The van der Waals surface area contributed by atoms with Crippen LogP contribution in [0.25, 0.3) is 0 Å². The number of urea groups is 1. The first-order valence-corrected chi connectivity index (χ1v) is 9.28. The molecule has 2 aromatic rings. The molecule has 2 aromatic carbocycles. The Balaban J connectivity index is 1.45. The molecule has 1 aliphatic heterocycles. The number of nitrogens with zero attached hydrogens (tertiary/aromatic N) is 1. The van der Waals surface area contributed by atoms with E-state index in [1.807, 2.05) is 0 Å². The highest BCUT2D eigenvalue weighted by molar-refractivity contribution is 6.06. The lowest BCUT2D eigenvalue weighted by molar-refractivity contribution is -0.120. The number of imide groups is 1. The minimum atomic E-state index is -0.972. The number of nitrogens with one attached hydrogen (secondary N) is 2. The van der Waals surface area contributed by atoms with E-state index in [1.54, 1.807) is 42.5 Å². The second-order valence-corrected chi connectivity index (χ2v) is 7.17. The Labute approximate surface area is 166 Å². The SMILES string of the molecule is O=C1CCN(c2cccc(C(=O)NC3Cc4ccc(C(=O)O)cc4C3)c2)C(=O)N1. The first-order chi connectivity index (χ1) is 13.9. The van der Waals surface area contributed by atoms with Crippen molar-refractivity contribution in [3.8, 4) is 0 Å². The number of benzene rings is 2. The summed E-state index contributed by atoms with van der Waals surface area (Å²) in [5, 5.41) is 14.4. The van der Waals surface area contributed by atoms with Gasteiger partial charge in [0.15, 0.2) is 0 Å². The minimum absolute atomic E-state index is 0.124. The molecule has 1 fully saturated rings. The number of fused-ring (bicyclic) bond motifs is 1. The number of carboxylic acid groups (broad SMARTS) is 1. The molecule has 0 bridgehead atoms. The van der Waals surface area contributed by atoms with Crippen molar-refractivity contribution in [2.75, 3.05) is 11.4 Å². The number of carbonyl (C=O) groups excluding carboxylic acids is 3. The second kappa shape index (κ2) is 7.38. The van der Waals surface area contributed by atoms with Crippen molar-refractivity contribution in [2.24, 2.45) is 0 Å². The van der Waals surface area contributed by atoms with Gasteiger partial charge in [-0.3, -0.25) is 19.8 Å². The van der Waals surface area contributed by atoms with Crippen LogP contribution in [-0.2, 0) is 17.6 Å². The van der Waals surface area contributed by atoms with Crippen molar-refractivity contribution in [1.29, 1.82) is 0 Å². The number of hydrogen-bond donors (Lipinski definition) is 3. The van der Waals surface area contributed by atoms with Crippen LogP contribution in [0.1, 0.15) is 38.3 Å². The predicted molar refractivity (Wildman–Crippen MR) is 104 cm³/mol. The third-order valence-corrected chi connectivity index (χ3v) is 5.20. The molecule has 8 nitrogen and oxygen atoms in total. The summed E-state index contributed by atoms with van der Waals surface area (Å²) < 4.78 is 0. The fourth-order valence-electron chi connectivity index (χ4n) is 3.75. The molecule has 29 heavy (non-hydrogen) atoms. The Morgan fingerprint density at radius 2 is 1.83 bits per heavy atom. The Morgan fingerprint density at radius 3 is 2.59 bits per heavy atom. The lowest BCUT2D eigenvalue weighted by atomic mass is 10.1. The minimum Gasteiger partial charge on any atom is -0.478 e. The second-order valence-electron chi connectivity index (χ2n) is 7.17. The Kier molecular flexibility index (Phi) is 4.75. The van der Waals surface area contributed by atoms with Gasteiger partial charge in [0.1, 0.15) is 0 Å². The van der Waals surface area contributed by atoms with E-state index in [1.165, 1.54) is 4.90 Å². The van der Waals surface area contributed by atoms with Crippen LogP contribution in [0.5, 0.6) is 0 Å². The maximum absolute atomic E-state index is 12.7. The first-order valence-electron chi connectivity index (χ1n) is 9.28. The van der Waals surface area contributed by atoms with Crippen LogP contribution >= 0.6 is 0 Å². The van der Waals surface area contributed by atoms with E-state index in [9.17, 15) is 19.2 Å². The first kappa shape index (κ1) is 18.7. The molecule has 8 heteroatoms. The van der Waals surface area contributed by atoms with Gasteiger partial charge in [-0.25, -0.2) is 9.59 Å². The molecule has 0 aromatic heterocycles. The van der Waals surface area contributed by atoms with Gasteiger partial charge in [0.2, 0.25) is 5.91 Å². The number of hydrogen-bond acceptors (Lipinski definition) is 4. The van der Waals surface area contributed by atoms with Crippen LogP contribution < -0.4 is 15.5 Å². The molecule has 3 N–H and O–H groups in total. The summed E-state index contributed by atoms with van der Waals surface area (Å²) in [6, 6.07) is 11.1. The summed E-state index contributed by atoms with van der Waals surface area (Å²) in [6.07, 6.45) is 1.41. The largest absolute Gasteiger partial charge is 0.478 e. The lowest BCUT2D eigenvalue weighted by Gasteiger charge is -2.26. The summed E-state index contributed by atoms with van der Waals surface area (Å²) in [7, 11) is 0. The highest BCUT2D eigenvalue weighted by Crippen LogP contribution is 2.24.